The highest BCUT2D eigenvalue weighted by Gasteiger charge is 2.32. The lowest BCUT2D eigenvalue weighted by atomic mass is 10.0. The Bertz CT molecular complexity index is 1910. The molecule has 1 fully saturated rings. The third kappa shape index (κ3) is 14.0. The molecule has 1 aromatic heterocycles. The number of amides is 7. The van der Waals surface area contributed by atoms with Crippen LogP contribution in [-0.4, -0.2) is 95.6 Å². The molecule has 1 saturated heterocycles. The molecule has 0 radical (unpaired) electrons. The van der Waals surface area contributed by atoms with Gasteiger partial charge in [0.25, 0.3) is 0 Å². The minimum absolute atomic E-state index is 0.00403. The minimum Gasteiger partial charge on any atom is -0.370 e. The van der Waals surface area contributed by atoms with Gasteiger partial charge in [-0.1, -0.05) is 48.5 Å². The van der Waals surface area contributed by atoms with Crippen molar-refractivity contribution in [3.8, 4) is 0 Å². The maximum absolute atomic E-state index is 14.2. The molecule has 0 bridgehead atoms. The number of carbonyl (C=O) groups excluding carboxylic acids is 7. The maximum Gasteiger partial charge on any atom is 0.243 e. The molecule has 2 aromatic carbocycles. The Hall–Kier alpha value is -6.46. The van der Waals surface area contributed by atoms with Gasteiger partial charge in [-0.15, -0.1) is 0 Å². The second-order valence-corrected chi connectivity index (χ2v) is 14.0. The van der Waals surface area contributed by atoms with Crippen LogP contribution in [0.15, 0.2) is 65.8 Å². The smallest absolute Gasteiger partial charge is 0.243 e. The van der Waals surface area contributed by atoms with E-state index >= 15 is 0 Å². The van der Waals surface area contributed by atoms with E-state index in [4.69, 9.17) is 17.2 Å². The fraction of sp³-hybridized carbons (Fsp3) is 0.436. The SMILES string of the molecule is C[C@@H]1NC(=O)CCC(=O)NCCCC[C@@H](C(N)=O)NC(=O)[C@H](Cc2c[nH]c3ccccc23)NC(=O)[C@H](CCCN=C(N)N)NC(=O)[C@@H](Cc2ccccc2)NC1=O. The van der Waals surface area contributed by atoms with Crippen LogP contribution in [0.5, 0.6) is 0 Å². The number of benzene rings is 2. The lowest BCUT2D eigenvalue weighted by Gasteiger charge is -2.27. The number of primary amides is 1. The second-order valence-electron chi connectivity index (χ2n) is 14.0. The highest BCUT2D eigenvalue weighted by atomic mass is 16.2. The van der Waals surface area contributed by atoms with Gasteiger partial charge in [0.2, 0.25) is 41.4 Å². The summed E-state index contributed by atoms with van der Waals surface area (Å²) < 4.78 is 0. The molecule has 57 heavy (non-hydrogen) atoms. The summed E-state index contributed by atoms with van der Waals surface area (Å²) in [5, 5.41) is 17.0. The summed E-state index contributed by atoms with van der Waals surface area (Å²) in [6.07, 6.45) is 2.70. The van der Waals surface area contributed by atoms with Crippen molar-refractivity contribution >= 4 is 58.2 Å². The number of hydrogen-bond donors (Lipinski definition) is 10. The van der Waals surface area contributed by atoms with Gasteiger partial charge in [0, 0.05) is 55.9 Å². The molecule has 7 amide bonds. The van der Waals surface area contributed by atoms with Crippen LogP contribution in [0.1, 0.15) is 63.0 Å². The predicted octanol–water partition coefficient (Wildman–Crippen LogP) is -0.984. The molecule has 5 atom stereocenters. The van der Waals surface area contributed by atoms with Gasteiger partial charge >= 0.3 is 0 Å². The van der Waals surface area contributed by atoms with E-state index in [0.717, 1.165) is 10.9 Å². The van der Waals surface area contributed by atoms with Crippen LogP contribution in [-0.2, 0) is 46.4 Å². The van der Waals surface area contributed by atoms with Gasteiger partial charge in [0.15, 0.2) is 5.96 Å². The monoisotopic (exact) mass is 787 g/mol. The first-order valence-corrected chi connectivity index (χ1v) is 19.0. The predicted molar refractivity (Wildman–Crippen MR) is 213 cm³/mol. The molecule has 0 saturated carbocycles. The molecular weight excluding hydrogens is 734 g/mol. The van der Waals surface area contributed by atoms with E-state index in [1.807, 2.05) is 24.3 Å². The fourth-order valence-corrected chi connectivity index (χ4v) is 6.36. The Kier molecular flexibility index (Phi) is 16.4. The number of fused-ring (bicyclic) bond motifs is 1. The van der Waals surface area contributed by atoms with Crippen molar-refractivity contribution in [3.63, 3.8) is 0 Å². The first kappa shape index (κ1) is 43.3. The summed E-state index contributed by atoms with van der Waals surface area (Å²) in [4.78, 5) is 100. The maximum atomic E-state index is 14.2. The molecule has 1 aliphatic heterocycles. The van der Waals surface area contributed by atoms with Crippen molar-refractivity contribution in [2.24, 2.45) is 22.2 Å². The largest absolute Gasteiger partial charge is 0.370 e. The highest BCUT2D eigenvalue weighted by Crippen LogP contribution is 2.20. The average Bonchev–Trinajstić information content (AvgIpc) is 3.59. The van der Waals surface area contributed by atoms with Crippen LogP contribution in [0.25, 0.3) is 10.9 Å². The first-order valence-electron chi connectivity index (χ1n) is 19.0. The van der Waals surface area contributed by atoms with Crippen molar-refractivity contribution in [1.29, 1.82) is 0 Å². The van der Waals surface area contributed by atoms with E-state index in [9.17, 15) is 33.6 Å². The lowest BCUT2D eigenvalue weighted by Crippen LogP contribution is -2.59. The van der Waals surface area contributed by atoms with Crippen LogP contribution < -0.4 is 49.1 Å². The fourth-order valence-electron chi connectivity index (χ4n) is 6.36. The number of nitrogens with two attached hydrogens (primary N) is 3. The van der Waals surface area contributed by atoms with E-state index in [0.29, 0.717) is 24.0 Å². The Morgan fingerprint density at radius 3 is 2.09 bits per heavy atom. The van der Waals surface area contributed by atoms with Crippen LogP contribution in [0, 0.1) is 0 Å². The molecule has 3 aromatic rings. The lowest BCUT2D eigenvalue weighted by molar-refractivity contribution is -0.135. The number of H-pyrrole nitrogens is 1. The minimum atomic E-state index is -1.24. The van der Waals surface area contributed by atoms with Crippen molar-refractivity contribution in [1.82, 2.24) is 36.9 Å². The highest BCUT2D eigenvalue weighted by molar-refractivity contribution is 5.97. The summed E-state index contributed by atoms with van der Waals surface area (Å²) in [6.45, 7) is 1.82. The zero-order chi connectivity index (χ0) is 41.3. The Labute approximate surface area is 330 Å². The van der Waals surface area contributed by atoms with E-state index in [1.165, 1.54) is 6.92 Å². The van der Waals surface area contributed by atoms with Crippen LogP contribution in [0.3, 0.4) is 0 Å². The van der Waals surface area contributed by atoms with E-state index in [2.05, 4.69) is 41.9 Å². The van der Waals surface area contributed by atoms with Gasteiger partial charge in [0.1, 0.15) is 30.2 Å². The number of aromatic amines is 1. The molecule has 4 rings (SSSR count). The third-order valence-electron chi connectivity index (χ3n) is 9.48. The normalized spacial score (nSPS) is 22.5. The van der Waals surface area contributed by atoms with Crippen LogP contribution in [0.4, 0.5) is 0 Å². The Morgan fingerprint density at radius 2 is 1.35 bits per heavy atom. The van der Waals surface area contributed by atoms with Gasteiger partial charge in [-0.2, -0.15) is 0 Å². The summed E-state index contributed by atoms with van der Waals surface area (Å²) in [5.41, 5.74) is 18.9. The second kappa shape index (κ2) is 21.6. The molecule has 2 heterocycles. The number of para-hydroxylation sites is 1. The van der Waals surface area contributed by atoms with Crippen LogP contribution in [0.2, 0.25) is 0 Å². The number of nitrogens with one attached hydrogen (secondary N) is 7. The number of rotatable bonds is 9. The third-order valence-corrected chi connectivity index (χ3v) is 9.48. The zero-order valence-electron chi connectivity index (χ0n) is 32.0. The standard InChI is InChI=1S/C39H53N11O7/c1-23-35(54)49-30(20-24-10-3-2-4-11-24)37(56)48-29(15-9-19-44-39(41)42)36(55)50-31(21-25-22-45-27-13-6-5-12-26(25)27)38(57)47-28(34(40)53)14-7-8-18-43-32(51)16-17-33(52)46-23/h2-6,10-13,22-23,28-31,45H,7-9,14-21H2,1H3,(H2,40,53)(H,43,51)(H,46,52)(H,47,57)(H,48,56)(H,49,54)(H,50,55)(H4,41,42,44)/t23-,28-,29-,30+,31-/m0/s1. The van der Waals surface area contributed by atoms with E-state index in [-0.39, 0.29) is 69.9 Å². The van der Waals surface area contributed by atoms with Crippen molar-refractivity contribution in [2.45, 2.75) is 94.9 Å². The zero-order valence-corrected chi connectivity index (χ0v) is 32.0. The molecule has 18 nitrogen and oxygen atoms in total. The summed E-state index contributed by atoms with van der Waals surface area (Å²) in [5.74, 6) is -4.66. The topological polar surface area (TPSA) is 298 Å². The van der Waals surface area contributed by atoms with Gasteiger partial charge < -0.3 is 54.1 Å². The summed E-state index contributed by atoms with van der Waals surface area (Å²) in [7, 11) is 0. The number of hydrogen-bond acceptors (Lipinski definition) is 8. The molecule has 18 heteroatoms. The summed E-state index contributed by atoms with van der Waals surface area (Å²) >= 11 is 0. The average molecular weight is 788 g/mol. The number of aliphatic imine (C=N–C) groups is 1. The number of carbonyl (C=O) groups is 7. The molecule has 1 aliphatic rings. The first-order chi connectivity index (χ1) is 27.3. The Morgan fingerprint density at radius 1 is 0.719 bits per heavy atom. The van der Waals surface area contributed by atoms with E-state index < -0.39 is 65.7 Å². The molecule has 0 unspecified atom stereocenters. The van der Waals surface area contributed by atoms with Crippen molar-refractivity contribution in [2.75, 3.05) is 13.1 Å². The van der Waals surface area contributed by atoms with Gasteiger partial charge in [0.05, 0.1) is 0 Å². The molecule has 0 spiro atoms. The molecule has 13 N–H and O–H groups in total. The number of guanidine groups is 1. The quantitative estimate of drug-likeness (QED) is 0.0723. The van der Waals surface area contributed by atoms with Crippen molar-refractivity contribution < 1.29 is 33.6 Å². The van der Waals surface area contributed by atoms with Crippen LogP contribution >= 0.6 is 0 Å². The number of aromatic nitrogens is 1. The molecule has 0 aliphatic carbocycles. The molecule has 306 valence electrons. The molecular formula is C39H53N11O7. The number of nitrogens with zero attached hydrogens (tertiary/aromatic N) is 1. The van der Waals surface area contributed by atoms with Crippen molar-refractivity contribution in [3.05, 3.63) is 71.9 Å². The van der Waals surface area contributed by atoms with Gasteiger partial charge in [-0.25, -0.2) is 0 Å². The Balaban J connectivity index is 1.68. The van der Waals surface area contributed by atoms with Gasteiger partial charge in [-0.3, -0.25) is 38.6 Å². The van der Waals surface area contributed by atoms with E-state index in [1.54, 1.807) is 36.5 Å². The summed E-state index contributed by atoms with van der Waals surface area (Å²) in [6, 6.07) is 10.4. The van der Waals surface area contributed by atoms with Gasteiger partial charge in [-0.05, 0) is 56.2 Å².